The van der Waals surface area contributed by atoms with E-state index in [-0.39, 0.29) is 6.04 Å². The van der Waals surface area contributed by atoms with E-state index in [2.05, 4.69) is 41.7 Å². The zero-order valence-corrected chi connectivity index (χ0v) is 13.2. The van der Waals surface area contributed by atoms with Crippen molar-refractivity contribution in [3.63, 3.8) is 0 Å². The number of aromatic nitrogens is 1. The van der Waals surface area contributed by atoms with Gasteiger partial charge >= 0.3 is 0 Å². The quantitative estimate of drug-likeness (QED) is 0.838. The third kappa shape index (κ3) is 3.81. The molecule has 2 rings (SSSR count). The van der Waals surface area contributed by atoms with Crippen molar-refractivity contribution in [1.82, 2.24) is 10.3 Å². The van der Waals surface area contributed by atoms with E-state index in [1.54, 1.807) is 11.3 Å². The Labute approximate surface area is 125 Å². The predicted octanol–water partition coefficient (Wildman–Crippen LogP) is 3.94. The highest BCUT2D eigenvalue weighted by molar-refractivity contribution is 7.09. The monoisotopic (exact) mass is 290 g/mol. The van der Waals surface area contributed by atoms with Crippen molar-refractivity contribution in [2.24, 2.45) is 0 Å². The molecule has 0 radical (unpaired) electrons. The molecule has 20 heavy (non-hydrogen) atoms. The molecule has 108 valence electrons. The van der Waals surface area contributed by atoms with Gasteiger partial charge in [-0.1, -0.05) is 26.0 Å². The van der Waals surface area contributed by atoms with E-state index in [9.17, 15) is 0 Å². The Morgan fingerprint density at radius 3 is 2.55 bits per heavy atom. The van der Waals surface area contributed by atoms with Crippen LogP contribution in [-0.4, -0.2) is 18.1 Å². The van der Waals surface area contributed by atoms with Crippen molar-refractivity contribution in [2.45, 2.75) is 33.2 Å². The van der Waals surface area contributed by atoms with E-state index in [4.69, 9.17) is 4.74 Å². The van der Waals surface area contributed by atoms with Gasteiger partial charge in [-0.05, 0) is 37.6 Å². The summed E-state index contributed by atoms with van der Waals surface area (Å²) in [4.78, 5) is 4.60. The zero-order chi connectivity index (χ0) is 14.4. The molecule has 0 spiro atoms. The summed E-state index contributed by atoms with van der Waals surface area (Å²) in [6.45, 7) is 7.94. The minimum Gasteiger partial charge on any atom is -0.494 e. The zero-order valence-electron chi connectivity index (χ0n) is 12.3. The minimum atomic E-state index is 0.166. The number of aryl methyl sites for hydroxylation is 1. The van der Waals surface area contributed by atoms with Gasteiger partial charge in [-0.15, -0.1) is 11.3 Å². The lowest BCUT2D eigenvalue weighted by Crippen LogP contribution is -2.21. The van der Waals surface area contributed by atoms with Crippen LogP contribution in [0.5, 0.6) is 5.75 Å². The first-order chi connectivity index (χ1) is 9.74. The maximum Gasteiger partial charge on any atom is 0.119 e. The second kappa shape index (κ2) is 7.41. The van der Waals surface area contributed by atoms with E-state index < -0.39 is 0 Å². The molecule has 0 fully saturated rings. The largest absolute Gasteiger partial charge is 0.494 e. The Kier molecular flexibility index (Phi) is 5.56. The Morgan fingerprint density at radius 2 is 2.00 bits per heavy atom. The molecule has 0 saturated carbocycles. The number of hydrogen-bond donors (Lipinski definition) is 1. The maximum absolute atomic E-state index is 5.63. The van der Waals surface area contributed by atoms with Gasteiger partial charge in [0.25, 0.3) is 0 Å². The molecule has 0 bridgehead atoms. The lowest BCUT2D eigenvalue weighted by Gasteiger charge is -2.16. The Balaban J connectivity index is 2.17. The summed E-state index contributed by atoms with van der Waals surface area (Å²) >= 11 is 1.71. The molecule has 1 N–H and O–H groups in total. The van der Waals surface area contributed by atoms with Crippen molar-refractivity contribution >= 4 is 11.3 Å². The SMILES string of the molecule is CCCOc1ccc(C(NCC)c2nc(C)cs2)cc1. The summed E-state index contributed by atoms with van der Waals surface area (Å²) in [6, 6.07) is 8.48. The first-order valence-electron chi connectivity index (χ1n) is 7.12. The van der Waals surface area contributed by atoms with E-state index >= 15 is 0 Å². The molecular formula is C16H22N2OS. The highest BCUT2D eigenvalue weighted by Gasteiger charge is 2.16. The smallest absolute Gasteiger partial charge is 0.119 e. The fraction of sp³-hybridized carbons (Fsp3) is 0.438. The van der Waals surface area contributed by atoms with Crippen molar-refractivity contribution in [3.8, 4) is 5.75 Å². The van der Waals surface area contributed by atoms with Gasteiger partial charge < -0.3 is 10.1 Å². The summed E-state index contributed by atoms with van der Waals surface area (Å²) in [5.74, 6) is 0.932. The normalized spacial score (nSPS) is 12.3. The minimum absolute atomic E-state index is 0.166. The Bertz CT molecular complexity index is 522. The second-order valence-corrected chi connectivity index (χ2v) is 5.62. The molecule has 3 nitrogen and oxygen atoms in total. The first kappa shape index (κ1) is 15.0. The summed E-state index contributed by atoms with van der Waals surface area (Å²) < 4.78 is 5.63. The fourth-order valence-corrected chi connectivity index (χ4v) is 2.93. The van der Waals surface area contributed by atoms with Crippen LogP contribution in [-0.2, 0) is 0 Å². The molecule has 0 aliphatic heterocycles. The highest BCUT2D eigenvalue weighted by atomic mass is 32.1. The number of hydrogen-bond acceptors (Lipinski definition) is 4. The number of benzene rings is 1. The van der Waals surface area contributed by atoms with Crippen LogP contribution < -0.4 is 10.1 Å². The molecule has 0 aliphatic rings. The van der Waals surface area contributed by atoms with E-state index in [1.807, 2.05) is 19.1 Å². The van der Waals surface area contributed by atoms with E-state index in [1.165, 1.54) is 5.56 Å². The van der Waals surface area contributed by atoms with Gasteiger partial charge in [-0.2, -0.15) is 0 Å². The summed E-state index contributed by atoms with van der Waals surface area (Å²) in [5, 5.41) is 6.71. The number of nitrogens with zero attached hydrogens (tertiary/aromatic N) is 1. The molecule has 1 heterocycles. The lowest BCUT2D eigenvalue weighted by atomic mass is 10.1. The van der Waals surface area contributed by atoms with E-state index in [0.717, 1.165) is 36.0 Å². The third-order valence-electron chi connectivity index (χ3n) is 2.98. The third-order valence-corrected chi connectivity index (χ3v) is 4.01. The highest BCUT2D eigenvalue weighted by Crippen LogP contribution is 2.26. The van der Waals surface area contributed by atoms with Crippen molar-refractivity contribution in [1.29, 1.82) is 0 Å². The lowest BCUT2D eigenvalue weighted by molar-refractivity contribution is 0.317. The number of nitrogens with one attached hydrogen (secondary N) is 1. The molecule has 1 unspecified atom stereocenters. The maximum atomic E-state index is 5.63. The molecule has 1 aromatic heterocycles. The van der Waals surface area contributed by atoms with Gasteiger partial charge in [-0.25, -0.2) is 4.98 Å². The molecular weight excluding hydrogens is 268 g/mol. The molecule has 2 aromatic rings. The molecule has 0 aliphatic carbocycles. The number of rotatable bonds is 7. The molecule has 1 aromatic carbocycles. The van der Waals surface area contributed by atoms with Gasteiger partial charge in [0.1, 0.15) is 10.8 Å². The number of ether oxygens (including phenoxy) is 1. The van der Waals surface area contributed by atoms with E-state index in [0.29, 0.717) is 0 Å². The summed E-state index contributed by atoms with van der Waals surface area (Å²) in [6.07, 6.45) is 1.03. The van der Waals surface area contributed by atoms with Crippen LogP contribution in [0.3, 0.4) is 0 Å². The van der Waals surface area contributed by atoms with Crippen LogP contribution in [0, 0.1) is 6.92 Å². The van der Waals surface area contributed by atoms with Gasteiger partial charge in [0.05, 0.1) is 12.6 Å². The molecule has 1 atom stereocenters. The van der Waals surface area contributed by atoms with Crippen LogP contribution in [0.25, 0.3) is 0 Å². The van der Waals surface area contributed by atoms with Gasteiger partial charge in [0, 0.05) is 11.1 Å². The van der Waals surface area contributed by atoms with Crippen LogP contribution >= 0.6 is 11.3 Å². The standard InChI is InChI=1S/C16H22N2OS/c1-4-10-19-14-8-6-13(7-9-14)15(17-5-2)16-18-12(3)11-20-16/h6-9,11,15,17H,4-5,10H2,1-3H3. The van der Waals surface area contributed by atoms with Gasteiger partial charge in [0.2, 0.25) is 0 Å². The summed E-state index contributed by atoms with van der Waals surface area (Å²) in [7, 11) is 0. The van der Waals surface area contributed by atoms with Crippen LogP contribution in [0.2, 0.25) is 0 Å². The summed E-state index contributed by atoms with van der Waals surface area (Å²) in [5.41, 5.74) is 2.31. The Hall–Kier alpha value is -1.39. The molecule has 0 amide bonds. The Morgan fingerprint density at radius 1 is 1.25 bits per heavy atom. The van der Waals surface area contributed by atoms with Crippen LogP contribution in [0.1, 0.15) is 42.6 Å². The first-order valence-corrected chi connectivity index (χ1v) is 8.00. The molecule has 0 saturated heterocycles. The van der Waals surface area contributed by atoms with Crippen LogP contribution in [0.15, 0.2) is 29.6 Å². The van der Waals surface area contributed by atoms with Crippen molar-refractivity contribution in [3.05, 3.63) is 45.9 Å². The fourth-order valence-electron chi connectivity index (χ4n) is 2.03. The second-order valence-electron chi connectivity index (χ2n) is 4.74. The topological polar surface area (TPSA) is 34.1 Å². The van der Waals surface area contributed by atoms with Gasteiger partial charge in [-0.3, -0.25) is 0 Å². The number of thiazole rings is 1. The van der Waals surface area contributed by atoms with Crippen molar-refractivity contribution in [2.75, 3.05) is 13.2 Å². The van der Waals surface area contributed by atoms with Crippen molar-refractivity contribution < 1.29 is 4.74 Å². The molecule has 4 heteroatoms. The van der Waals surface area contributed by atoms with Gasteiger partial charge in [0.15, 0.2) is 0 Å². The average molecular weight is 290 g/mol. The van der Waals surface area contributed by atoms with Crippen LogP contribution in [0.4, 0.5) is 0 Å². The average Bonchev–Trinajstić information content (AvgIpc) is 2.89. The predicted molar refractivity (Wildman–Crippen MR) is 84.6 cm³/mol.